The van der Waals surface area contributed by atoms with Crippen LogP contribution in [0.25, 0.3) is 0 Å². The molecule has 2 N–H and O–H groups in total. The molecule has 2 aliphatic carbocycles. The average molecular weight is 399 g/mol. The maximum Gasteiger partial charge on any atom is 0.223 e. The van der Waals surface area contributed by atoms with E-state index in [1.807, 2.05) is 10.8 Å². The highest BCUT2D eigenvalue weighted by atomic mass is 32.2. The minimum atomic E-state index is -3.28. The van der Waals surface area contributed by atoms with Crippen LogP contribution in [0.5, 0.6) is 0 Å². The van der Waals surface area contributed by atoms with Crippen molar-refractivity contribution in [3.8, 4) is 0 Å². The Hall–Kier alpha value is -1.45. The molecule has 0 radical (unpaired) electrons. The first-order chi connectivity index (χ1) is 13.0. The van der Waals surface area contributed by atoms with E-state index in [1.165, 1.54) is 0 Å². The molecule has 1 heterocycles. The van der Waals surface area contributed by atoms with Gasteiger partial charge in [-0.15, -0.1) is 0 Å². The van der Waals surface area contributed by atoms with Gasteiger partial charge < -0.3 is 14.6 Å². The fraction of sp³-hybridized carbons (Fsp3) is 0.778. The van der Waals surface area contributed by atoms with Gasteiger partial charge in [-0.2, -0.15) is 0 Å². The number of aromatic nitrogens is 2. The molecular formula is C18H30N4O4S. The van der Waals surface area contributed by atoms with Gasteiger partial charge in [0.25, 0.3) is 0 Å². The average Bonchev–Trinajstić information content (AvgIpc) is 3.28. The zero-order valence-electron chi connectivity index (χ0n) is 15.8. The molecule has 2 fully saturated rings. The molecule has 2 aliphatic rings. The first kappa shape index (κ1) is 20.3. The van der Waals surface area contributed by atoms with Crippen molar-refractivity contribution >= 4 is 15.9 Å². The Kier molecular flexibility index (Phi) is 6.88. The van der Waals surface area contributed by atoms with Gasteiger partial charge >= 0.3 is 0 Å². The van der Waals surface area contributed by atoms with E-state index >= 15 is 0 Å². The van der Waals surface area contributed by atoms with E-state index in [0.29, 0.717) is 31.7 Å². The highest BCUT2D eigenvalue weighted by Gasteiger charge is 2.37. The molecule has 0 bridgehead atoms. The minimum Gasteiger partial charge on any atom is -0.380 e. The second-order valence-electron chi connectivity index (χ2n) is 7.68. The van der Waals surface area contributed by atoms with Crippen molar-refractivity contribution in [1.29, 1.82) is 0 Å². The Morgan fingerprint density at radius 3 is 2.78 bits per heavy atom. The molecule has 1 aromatic heterocycles. The second-order valence-corrected chi connectivity index (χ2v) is 9.48. The number of aryl methyl sites for hydroxylation is 1. The number of nitrogens with one attached hydrogen (secondary N) is 2. The van der Waals surface area contributed by atoms with Gasteiger partial charge in [0, 0.05) is 44.6 Å². The lowest BCUT2D eigenvalue weighted by Gasteiger charge is -2.35. The highest BCUT2D eigenvalue weighted by molar-refractivity contribution is 7.89. The van der Waals surface area contributed by atoms with Crippen LogP contribution in [0, 0.1) is 11.8 Å². The molecule has 0 unspecified atom stereocenters. The predicted molar refractivity (Wildman–Crippen MR) is 101 cm³/mol. The van der Waals surface area contributed by atoms with Crippen LogP contribution < -0.4 is 10.0 Å². The number of ether oxygens (including phenoxy) is 1. The lowest BCUT2D eigenvalue weighted by Crippen LogP contribution is -2.50. The number of rotatable bonds is 10. The normalized spacial score (nSPS) is 26.0. The van der Waals surface area contributed by atoms with Crippen molar-refractivity contribution in [2.24, 2.45) is 11.8 Å². The van der Waals surface area contributed by atoms with Crippen LogP contribution in [0.3, 0.4) is 0 Å². The summed E-state index contributed by atoms with van der Waals surface area (Å²) in [7, 11) is -1.69. The summed E-state index contributed by atoms with van der Waals surface area (Å²) in [5.41, 5.74) is 0. The number of sulfonamides is 1. The van der Waals surface area contributed by atoms with Crippen molar-refractivity contribution in [1.82, 2.24) is 19.6 Å². The van der Waals surface area contributed by atoms with Crippen LogP contribution in [-0.2, 0) is 26.1 Å². The molecular weight excluding hydrogens is 368 g/mol. The first-order valence-electron chi connectivity index (χ1n) is 9.73. The first-order valence-corrected chi connectivity index (χ1v) is 11.4. The van der Waals surface area contributed by atoms with Crippen LogP contribution >= 0.6 is 0 Å². The summed E-state index contributed by atoms with van der Waals surface area (Å²) in [6.45, 7) is 1.43. The molecule has 3 rings (SSSR count). The smallest absolute Gasteiger partial charge is 0.223 e. The van der Waals surface area contributed by atoms with Crippen LogP contribution in [0.1, 0.15) is 38.5 Å². The molecule has 0 aliphatic heterocycles. The van der Waals surface area contributed by atoms with E-state index in [1.54, 1.807) is 19.6 Å². The number of nitrogens with zero attached hydrogens (tertiary/aromatic N) is 2. The molecule has 27 heavy (non-hydrogen) atoms. The van der Waals surface area contributed by atoms with Gasteiger partial charge in [0.05, 0.1) is 18.2 Å². The number of methoxy groups -OCH3 is 1. The standard InChI is InChI=1S/C18H30N4O4S/c1-26-17-11-15(18(23)20-7-2-9-22-10-8-19-13-22)5-6-16(17)21-27(24,25)12-14-3-4-14/h8,10,13-17,21H,2-7,9,11-12H2,1H3,(H,20,23)/t15-,16-,17-/m0/s1. The zero-order valence-corrected chi connectivity index (χ0v) is 16.7. The monoisotopic (exact) mass is 398 g/mol. The van der Waals surface area contributed by atoms with Crippen LogP contribution in [0.4, 0.5) is 0 Å². The van der Waals surface area contributed by atoms with Gasteiger partial charge in [-0.25, -0.2) is 18.1 Å². The summed E-state index contributed by atoms with van der Waals surface area (Å²) >= 11 is 0. The molecule has 9 heteroatoms. The fourth-order valence-electron chi connectivity index (χ4n) is 3.67. The highest BCUT2D eigenvalue weighted by Crippen LogP contribution is 2.31. The summed E-state index contributed by atoms with van der Waals surface area (Å²) in [6, 6.07) is -0.246. The second kappa shape index (κ2) is 9.16. The van der Waals surface area contributed by atoms with Crippen molar-refractivity contribution in [3.63, 3.8) is 0 Å². The summed E-state index contributed by atoms with van der Waals surface area (Å²) in [6.07, 6.45) is 9.80. The van der Waals surface area contributed by atoms with Crippen molar-refractivity contribution < 1.29 is 17.9 Å². The number of imidazole rings is 1. The van der Waals surface area contributed by atoms with E-state index in [9.17, 15) is 13.2 Å². The minimum absolute atomic E-state index is 0.0296. The Morgan fingerprint density at radius 1 is 1.30 bits per heavy atom. The van der Waals surface area contributed by atoms with E-state index < -0.39 is 10.0 Å². The van der Waals surface area contributed by atoms with Crippen molar-refractivity contribution in [2.75, 3.05) is 19.4 Å². The summed E-state index contributed by atoms with van der Waals surface area (Å²) in [5.74, 6) is 0.420. The van der Waals surface area contributed by atoms with E-state index in [4.69, 9.17) is 4.74 Å². The van der Waals surface area contributed by atoms with Gasteiger partial charge in [0.15, 0.2) is 0 Å². The lowest BCUT2D eigenvalue weighted by atomic mass is 9.83. The number of hydrogen-bond donors (Lipinski definition) is 2. The molecule has 1 aromatic rings. The molecule has 0 saturated heterocycles. The topological polar surface area (TPSA) is 102 Å². The fourth-order valence-corrected chi connectivity index (χ4v) is 5.45. The van der Waals surface area contributed by atoms with Crippen LogP contribution in [-0.4, -0.2) is 55.4 Å². The molecule has 0 aromatic carbocycles. The zero-order chi connectivity index (χ0) is 19.3. The molecule has 8 nitrogen and oxygen atoms in total. The lowest BCUT2D eigenvalue weighted by molar-refractivity contribution is -0.127. The van der Waals surface area contributed by atoms with Gasteiger partial charge in [-0.1, -0.05) is 0 Å². The van der Waals surface area contributed by atoms with E-state index in [0.717, 1.165) is 25.8 Å². The van der Waals surface area contributed by atoms with Crippen LogP contribution in [0.15, 0.2) is 18.7 Å². The summed E-state index contributed by atoms with van der Waals surface area (Å²) < 4.78 is 34.8. The Balaban J connectivity index is 1.41. The van der Waals surface area contributed by atoms with Gasteiger partial charge in [0.1, 0.15) is 0 Å². The number of carbonyl (C=O) groups is 1. The third-order valence-electron chi connectivity index (χ3n) is 5.40. The third-order valence-corrected chi connectivity index (χ3v) is 6.97. The SMILES string of the molecule is CO[C@H]1C[C@@H](C(=O)NCCCn2ccnc2)CC[C@@H]1NS(=O)(=O)CC1CC1. The molecule has 3 atom stereocenters. The summed E-state index contributed by atoms with van der Waals surface area (Å²) in [4.78, 5) is 16.4. The molecule has 2 saturated carbocycles. The van der Waals surface area contributed by atoms with Gasteiger partial charge in [-0.3, -0.25) is 4.79 Å². The predicted octanol–water partition coefficient (Wildman–Crippen LogP) is 0.903. The van der Waals surface area contributed by atoms with E-state index in [-0.39, 0.29) is 29.7 Å². The third kappa shape index (κ3) is 6.29. The van der Waals surface area contributed by atoms with Crippen molar-refractivity contribution in [2.45, 2.75) is 57.2 Å². The number of amides is 1. The maximum atomic E-state index is 12.4. The van der Waals surface area contributed by atoms with Gasteiger partial charge in [0.2, 0.25) is 15.9 Å². The Morgan fingerprint density at radius 2 is 2.11 bits per heavy atom. The molecule has 0 spiro atoms. The van der Waals surface area contributed by atoms with Gasteiger partial charge in [-0.05, 0) is 44.4 Å². The quantitative estimate of drug-likeness (QED) is 0.570. The van der Waals surface area contributed by atoms with E-state index in [2.05, 4.69) is 15.0 Å². The Labute approximate surface area is 161 Å². The van der Waals surface area contributed by atoms with Crippen molar-refractivity contribution in [3.05, 3.63) is 18.7 Å². The van der Waals surface area contributed by atoms with Crippen LogP contribution in [0.2, 0.25) is 0 Å². The molecule has 1 amide bonds. The Bertz CT molecular complexity index is 703. The maximum absolute atomic E-state index is 12.4. The largest absolute Gasteiger partial charge is 0.380 e. The number of carbonyl (C=O) groups excluding carboxylic acids is 1. The summed E-state index contributed by atoms with van der Waals surface area (Å²) in [5, 5.41) is 2.99. The number of hydrogen-bond acceptors (Lipinski definition) is 5. The molecule has 152 valence electrons.